The summed E-state index contributed by atoms with van der Waals surface area (Å²) in [7, 11) is 0. The molecule has 1 heterocycles. The van der Waals surface area contributed by atoms with E-state index in [1.54, 1.807) is 17.0 Å². The third-order valence-corrected chi connectivity index (χ3v) is 4.97. The molecule has 3 N–H and O–H groups in total. The molecule has 1 aliphatic heterocycles. The number of carbonyl (C=O) groups excluding carboxylic acids is 1. The maximum atomic E-state index is 12.5. The quantitative estimate of drug-likeness (QED) is 0.764. The number of amides is 1. The summed E-state index contributed by atoms with van der Waals surface area (Å²) >= 11 is 5.87. The normalized spacial score (nSPS) is 24.7. The minimum absolute atomic E-state index is 0.00814. The molecule has 1 saturated heterocycles. The van der Waals surface area contributed by atoms with Crippen molar-refractivity contribution < 1.29 is 20.1 Å². The number of aliphatic hydroxyl groups excluding tert-OH is 2. The molecule has 1 fully saturated rings. The molecule has 0 radical (unpaired) electrons. The van der Waals surface area contributed by atoms with E-state index in [-0.39, 0.29) is 29.7 Å². The Labute approximate surface area is 141 Å². The predicted molar refractivity (Wildman–Crippen MR) is 88.5 cm³/mol. The fraction of sp³-hybridized carbons (Fsp3) is 0.588. The van der Waals surface area contributed by atoms with Crippen molar-refractivity contribution in [3.8, 4) is 5.75 Å². The molecule has 0 spiro atoms. The second kappa shape index (κ2) is 7.51. The number of rotatable bonds is 5. The van der Waals surface area contributed by atoms with E-state index in [1.165, 1.54) is 6.07 Å². The molecule has 1 aromatic rings. The van der Waals surface area contributed by atoms with Gasteiger partial charge in [-0.05, 0) is 30.5 Å². The Balaban J connectivity index is 2.08. The highest BCUT2D eigenvalue weighted by molar-refractivity contribution is 6.32. The van der Waals surface area contributed by atoms with Crippen LogP contribution in [0.3, 0.4) is 0 Å². The molecule has 5 nitrogen and oxygen atoms in total. The number of benzene rings is 1. The first-order chi connectivity index (χ1) is 10.9. The van der Waals surface area contributed by atoms with Gasteiger partial charge in [0, 0.05) is 18.5 Å². The minimum atomic E-state index is -0.630. The molecule has 0 aromatic heterocycles. The summed E-state index contributed by atoms with van der Waals surface area (Å²) in [5, 5.41) is 29.7. The summed E-state index contributed by atoms with van der Waals surface area (Å²) in [6.07, 6.45) is 1.60. The first kappa shape index (κ1) is 18.0. The van der Waals surface area contributed by atoms with Crippen molar-refractivity contribution in [2.45, 2.75) is 38.7 Å². The van der Waals surface area contributed by atoms with Gasteiger partial charge in [0.25, 0.3) is 0 Å². The molecule has 1 aromatic carbocycles. The topological polar surface area (TPSA) is 81.0 Å². The summed E-state index contributed by atoms with van der Waals surface area (Å²) in [5.74, 6) is -0.0706. The number of aromatic hydroxyl groups is 1. The zero-order valence-electron chi connectivity index (χ0n) is 13.3. The van der Waals surface area contributed by atoms with Crippen molar-refractivity contribution in [3.63, 3.8) is 0 Å². The highest BCUT2D eigenvalue weighted by Crippen LogP contribution is 2.35. The molecular weight excluding hydrogens is 318 g/mol. The van der Waals surface area contributed by atoms with E-state index in [0.717, 1.165) is 12.0 Å². The number of halogens is 1. The van der Waals surface area contributed by atoms with E-state index < -0.39 is 11.5 Å². The van der Waals surface area contributed by atoms with Gasteiger partial charge in [0.05, 0.1) is 24.2 Å². The molecule has 128 valence electrons. The lowest BCUT2D eigenvalue weighted by Crippen LogP contribution is -2.55. The zero-order chi connectivity index (χ0) is 17.0. The molecule has 2 atom stereocenters. The number of hydrogen-bond donors (Lipinski definition) is 3. The van der Waals surface area contributed by atoms with Crippen LogP contribution in [0.1, 0.15) is 31.7 Å². The molecule has 6 heteroatoms. The number of piperidine rings is 1. The van der Waals surface area contributed by atoms with Crippen molar-refractivity contribution in [2.75, 3.05) is 19.7 Å². The van der Waals surface area contributed by atoms with Gasteiger partial charge in [-0.25, -0.2) is 0 Å². The number of carbonyl (C=O) groups is 1. The Bertz CT molecular complexity index is 566. The highest BCUT2D eigenvalue weighted by Gasteiger charge is 2.42. The number of aliphatic hydroxyl groups is 2. The van der Waals surface area contributed by atoms with Crippen LogP contribution in [0.15, 0.2) is 18.2 Å². The summed E-state index contributed by atoms with van der Waals surface area (Å²) < 4.78 is 0. The first-order valence-electron chi connectivity index (χ1n) is 7.96. The van der Waals surface area contributed by atoms with Gasteiger partial charge in [0.1, 0.15) is 5.75 Å². The lowest BCUT2D eigenvalue weighted by molar-refractivity contribution is -0.141. The van der Waals surface area contributed by atoms with Crippen molar-refractivity contribution in [2.24, 2.45) is 5.41 Å². The molecule has 0 aliphatic carbocycles. The number of nitrogens with zero attached hydrogens (tertiary/aromatic N) is 1. The SMILES string of the molecule is CCC[C@@]1(CO)CN(C(=O)Cc2ccc(O)c(Cl)c2)CC[C@@H]1O. The average molecular weight is 342 g/mol. The van der Waals surface area contributed by atoms with Gasteiger partial charge < -0.3 is 20.2 Å². The van der Waals surface area contributed by atoms with Gasteiger partial charge >= 0.3 is 0 Å². The Morgan fingerprint density at radius 2 is 2.22 bits per heavy atom. The lowest BCUT2D eigenvalue weighted by atomic mass is 9.74. The summed E-state index contributed by atoms with van der Waals surface area (Å²) in [6.45, 7) is 2.72. The van der Waals surface area contributed by atoms with Crippen LogP contribution in [0.25, 0.3) is 0 Å². The fourth-order valence-corrected chi connectivity index (χ4v) is 3.49. The summed E-state index contributed by atoms with van der Waals surface area (Å²) in [4.78, 5) is 14.2. The van der Waals surface area contributed by atoms with Gasteiger partial charge in [-0.1, -0.05) is 31.0 Å². The van der Waals surface area contributed by atoms with Crippen LogP contribution >= 0.6 is 11.6 Å². The Morgan fingerprint density at radius 3 is 2.83 bits per heavy atom. The van der Waals surface area contributed by atoms with E-state index in [2.05, 4.69) is 0 Å². The van der Waals surface area contributed by atoms with Crippen LogP contribution in [0.4, 0.5) is 0 Å². The van der Waals surface area contributed by atoms with Gasteiger partial charge in [0.15, 0.2) is 0 Å². The number of phenolic OH excluding ortho intramolecular Hbond substituents is 1. The largest absolute Gasteiger partial charge is 0.506 e. The van der Waals surface area contributed by atoms with E-state index in [0.29, 0.717) is 25.9 Å². The van der Waals surface area contributed by atoms with E-state index in [1.807, 2.05) is 6.92 Å². The minimum Gasteiger partial charge on any atom is -0.506 e. The predicted octanol–water partition coefficient (Wildman–Crippen LogP) is 1.96. The van der Waals surface area contributed by atoms with Crippen molar-refractivity contribution in [3.05, 3.63) is 28.8 Å². The van der Waals surface area contributed by atoms with Crippen LogP contribution in [0, 0.1) is 5.41 Å². The smallest absolute Gasteiger partial charge is 0.227 e. The van der Waals surface area contributed by atoms with E-state index in [9.17, 15) is 20.1 Å². The fourth-order valence-electron chi connectivity index (χ4n) is 3.29. The molecule has 0 unspecified atom stereocenters. The summed E-state index contributed by atoms with van der Waals surface area (Å²) in [6, 6.07) is 4.72. The monoisotopic (exact) mass is 341 g/mol. The van der Waals surface area contributed by atoms with Crippen LogP contribution < -0.4 is 0 Å². The van der Waals surface area contributed by atoms with Gasteiger partial charge in [-0.2, -0.15) is 0 Å². The molecule has 0 saturated carbocycles. The van der Waals surface area contributed by atoms with Crippen LogP contribution in [-0.2, 0) is 11.2 Å². The molecule has 0 bridgehead atoms. The zero-order valence-corrected chi connectivity index (χ0v) is 14.1. The van der Waals surface area contributed by atoms with Crippen molar-refractivity contribution in [1.82, 2.24) is 4.90 Å². The number of likely N-dealkylation sites (tertiary alicyclic amines) is 1. The van der Waals surface area contributed by atoms with Crippen molar-refractivity contribution >= 4 is 17.5 Å². The third-order valence-electron chi connectivity index (χ3n) is 4.67. The van der Waals surface area contributed by atoms with Gasteiger partial charge in [0.2, 0.25) is 5.91 Å². The highest BCUT2D eigenvalue weighted by atomic mass is 35.5. The van der Waals surface area contributed by atoms with Crippen LogP contribution in [0.5, 0.6) is 5.75 Å². The molecule has 2 rings (SSSR count). The average Bonchev–Trinajstić information content (AvgIpc) is 2.53. The Kier molecular flexibility index (Phi) is 5.89. The second-order valence-corrected chi connectivity index (χ2v) is 6.76. The summed E-state index contributed by atoms with van der Waals surface area (Å²) in [5.41, 5.74) is 0.101. The van der Waals surface area contributed by atoms with Crippen LogP contribution in [0.2, 0.25) is 5.02 Å². The van der Waals surface area contributed by atoms with E-state index >= 15 is 0 Å². The Hall–Kier alpha value is -1.30. The third kappa shape index (κ3) is 3.97. The maximum Gasteiger partial charge on any atom is 0.227 e. The standard InChI is InChI=1S/C17H24ClNO4/c1-2-6-17(11-20)10-19(7-5-15(17)22)16(23)9-12-3-4-14(21)13(18)8-12/h3-4,8,15,20-22H,2,5-7,9-11H2,1H3/t15-,17-/m0/s1. The molecule has 1 aliphatic rings. The van der Waals surface area contributed by atoms with E-state index in [4.69, 9.17) is 11.6 Å². The lowest BCUT2D eigenvalue weighted by Gasteiger charge is -2.45. The molecular formula is C17H24ClNO4. The first-order valence-corrected chi connectivity index (χ1v) is 8.33. The maximum absolute atomic E-state index is 12.5. The van der Waals surface area contributed by atoms with Crippen LogP contribution in [-0.4, -0.2) is 51.9 Å². The number of hydrogen-bond acceptors (Lipinski definition) is 4. The van der Waals surface area contributed by atoms with Crippen molar-refractivity contribution in [1.29, 1.82) is 0 Å². The number of phenols is 1. The van der Waals surface area contributed by atoms with Gasteiger partial charge in [-0.3, -0.25) is 4.79 Å². The molecule has 23 heavy (non-hydrogen) atoms. The Morgan fingerprint density at radius 1 is 1.48 bits per heavy atom. The van der Waals surface area contributed by atoms with Gasteiger partial charge in [-0.15, -0.1) is 0 Å². The molecule has 1 amide bonds. The second-order valence-electron chi connectivity index (χ2n) is 6.35.